The molecule has 10 nitrogen and oxygen atoms in total. The maximum atomic E-state index is 13.4. The van der Waals surface area contributed by atoms with Crippen LogP contribution < -0.4 is 5.32 Å². The third-order valence-corrected chi connectivity index (χ3v) is 9.20. The van der Waals surface area contributed by atoms with Crippen molar-refractivity contribution in [2.45, 2.75) is 70.5 Å². The van der Waals surface area contributed by atoms with Gasteiger partial charge in [-0.2, -0.15) is 14.9 Å². The maximum absolute atomic E-state index is 13.4. The molecule has 3 unspecified atom stereocenters. The molecule has 1 amide bonds. The van der Waals surface area contributed by atoms with E-state index < -0.39 is 5.41 Å². The molecule has 0 spiro atoms. The number of nitrogens with one attached hydrogen (secondary N) is 1. The molecule has 7 rings (SSSR count). The summed E-state index contributed by atoms with van der Waals surface area (Å²) < 4.78 is 1.78. The molecule has 3 aromatic rings. The van der Waals surface area contributed by atoms with Crippen LogP contribution >= 0.6 is 0 Å². The maximum Gasteiger partial charge on any atom is 0.226 e. The molecular formula is C32H37N9O. The molecule has 4 aliphatic rings. The lowest BCUT2D eigenvalue weighted by atomic mass is 9.85. The summed E-state index contributed by atoms with van der Waals surface area (Å²) in [5, 5.41) is 14.4. The van der Waals surface area contributed by atoms with Gasteiger partial charge in [0.05, 0.1) is 11.1 Å². The number of hydrazone groups is 1. The molecule has 0 saturated carbocycles. The van der Waals surface area contributed by atoms with Crippen molar-refractivity contribution < 1.29 is 4.79 Å². The van der Waals surface area contributed by atoms with Gasteiger partial charge in [-0.05, 0) is 87.0 Å². The summed E-state index contributed by atoms with van der Waals surface area (Å²) in [6.45, 7) is 6.13. The number of rotatable bonds is 6. The van der Waals surface area contributed by atoms with E-state index in [1.165, 1.54) is 17.5 Å². The van der Waals surface area contributed by atoms with Crippen LogP contribution in [-0.2, 0) is 17.6 Å². The number of fused-ring (bicyclic) bond motifs is 2. The number of carbonyl (C=O) groups is 1. The fraction of sp³-hybridized carbons (Fsp3) is 0.438. The fourth-order valence-electron chi connectivity index (χ4n) is 6.80. The molecule has 216 valence electrons. The first kappa shape index (κ1) is 26.7. The van der Waals surface area contributed by atoms with Gasteiger partial charge in [-0.1, -0.05) is 13.0 Å². The van der Waals surface area contributed by atoms with Gasteiger partial charge in [0, 0.05) is 61.7 Å². The number of likely N-dealkylation sites (tertiary alicyclic amines) is 1. The van der Waals surface area contributed by atoms with Gasteiger partial charge in [-0.15, -0.1) is 0 Å². The lowest BCUT2D eigenvalue weighted by Gasteiger charge is -2.39. The van der Waals surface area contributed by atoms with Crippen molar-refractivity contribution >= 4 is 24.2 Å². The number of anilines is 1. The number of nitrogens with zero attached hydrogens (tertiary/aromatic N) is 8. The third kappa shape index (κ3) is 5.15. The smallest absolute Gasteiger partial charge is 0.226 e. The number of aliphatic imine (C=N–C) groups is 1. The molecule has 3 aliphatic heterocycles. The van der Waals surface area contributed by atoms with Crippen LogP contribution in [0.25, 0.3) is 5.82 Å². The zero-order valence-electron chi connectivity index (χ0n) is 24.2. The first-order chi connectivity index (χ1) is 20.4. The zero-order chi connectivity index (χ0) is 28.7. The zero-order valence-corrected chi connectivity index (χ0v) is 24.2. The highest BCUT2D eigenvalue weighted by atomic mass is 16.1. The normalized spacial score (nSPS) is 25.4. The first-order valence-corrected chi connectivity index (χ1v) is 15.0. The SMILES string of the molecule is Cc1ccc(-n2nc(C3CCN(C4CCc5ccncc5C4)CC3)cc2NC(=O)CC2(C)C=NN3C=CC=NC32)nc1. The van der Waals surface area contributed by atoms with Crippen molar-refractivity contribution in [2.75, 3.05) is 18.4 Å². The van der Waals surface area contributed by atoms with E-state index in [9.17, 15) is 4.79 Å². The second kappa shape index (κ2) is 10.9. The van der Waals surface area contributed by atoms with Gasteiger partial charge in [-0.25, -0.2) is 9.99 Å². The summed E-state index contributed by atoms with van der Waals surface area (Å²) >= 11 is 0. The Kier molecular flexibility index (Phi) is 6.93. The number of allylic oxidation sites excluding steroid dienone is 1. The third-order valence-electron chi connectivity index (χ3n) is 9.20. The van der Waals surface area contributed by atoms with Crippen LogP contribution in [0, 0.1) is 12.3 Å². The number of aromatic nitrogens is 4. The monoisotopic (exact) mass is 563 g/mol. The number of carbonyl (C=O) groups excluding carboxylic acids is 1. The number of hydrogen-bond acceptors (Lipinski definition) is 8. The lowest BCUT2D eigenvalue weighted by Crippen LogP contribution is -2.43. The van der Waals surface area contributed by atoms with Crippen LogP contribution in [0.3, 0.4) is 0 Å². The lowest BCUT2D eigenvalue weighted by molar-refractivity contribution is -0.117. The van der Waals surface area contributed by atoms with Gasteiger partial charge in [0.15, 0.2) is 12.0 Å². The predicted octanol–water partition coefficient (Wildman–Crippen LogP) is 4.27. The molecule has 42 heavy (non-hydrogen) atoms. The molecule has 1 aliphatic carbocycles. The Labute approximate surface area is 246 Å². The highest BCUT2D eigenvalue weighted by Crippen LogP contribution is 2.37. The van der Waals surface area contributed by atoms with Gasteiger partial charge in [0.2, 0.25) is 5.91 Å². The van der Waals surface area contributed by atoms with Crippen molar-refractivity contribution in [3.8, 4) is 5.82 Å². The summed E-state index contributed by atoms with van der Waals surface area (Å²) in [4.78, 5) is 29.6. The van der Waals surface area contributed by atoms with Crippen LogP contribution in [0.5, 0.6) is 0 Å². The molecule has 0 radical (unpaired) electrons. The topological polar surface area (TPSA) is 104 Å². The van der Waals surface area contributed by atoms with E-state index in [0.29, 0.717) is 23.6 Å². The molecule has 0 aromatic carbocycles. The summed E-state index contributed by atoms with van der Waals surface area (Å²) in [5.74, 6) is 1.57. The average Bonchev–Trinajstić information content (AvgIpc) is 3.58. The summed E-state index contributed by atoms with van der Waals surface area (Å²) in [7, 11) is 0. The summed E-state index contributed by atoms with van der Waals surface area (Å²) in [5.41, 5.74) is 4.43. The summed E-state index contributed by atoms with van der Waals surface area (Å²) in [6, 6.07) is 8.76. The Morgan fingerprint density at radius 3 is 2.83 bits per heavy atom. The van der Waals surface area contributed by atoms with Crippen LogP contribution in [0.1, 0.15) is 60.9 Å². The van der Waals surface area contributed by atoms with E-state index in [2.05, 4.69) is 36.3 Å². The van der Waals surface area contributed by atoms with Gasteiger partial charge in [0.25, 0.3) is 0 Å². The van der Waals surface area contributed by atoms with E-state index in [0.717, 1.165) is 50.0 Å². The highest BCUT2D eigenvalue weighted by Gasteiger charge is 2.43. The van der Waals surface area contributed by atoms with Gasteiger partial charge in [0.1, 0.15) is 5.82 Å². The minimum absolute atomic E-state index is 0.0998. The molecule has 1 saturated heterocycles. The second-order valence-electron chi connectivity index (χ2n) is 12.3. The molecule has 1 N–H and O–H groups in total. The van der Waals surface area contributed by atoms with Crippen molar-refractivity contribution in [3.63, 3.8) is 0 Å². The Bertz CT molecular complexity index is 1550. The van der Waals surface area contributed by atoms with E-state index >= 15 is 0 Å². The minimum atomic E-state index is -0.510. The van der Waals surface area contributed by atoms with E-state index in [-0.39, 0.29) is 18.5 Å². The van der Waals surface area contributed by atoms with Crippen LogP contribution in [0.2, 0.25) is 0 Å². The molecule has 6 heterocycles. The van der Waals surface area contributed by atoms with Gasteiger partial charge < -0.3 is 5.32 Å². The Morgan fingerprint density at radius 1 is 1.12 bits per heavy atom. The molecule has 10 heteroatoms. The Hall–Kier alpha value is -4.18. The van der Waals surface area contributed by atoms with E-state index in [1.807, 2.05) is 69.1 Å². The van der Waals surface area contributed by atoms with Crippen molar-refractivity contribution in [3.05, 3.63) is 77.5 Å². The quantitative estimate of drug-likeness (QED) is 0.481. The van der Waals surface area contributed by atoms with Crippen LogP contribution in [-0.4, -0.2) is 73.3 Å². The number of pyridine rings is 2. The van der Waals surface area contributed by atoms with Crippen LogP contribution in [0.15, 0.2) is 65.2 Å². The summed E-state index contributed by atoms with van der Waals surface area (Å²) in [6.07, 6.45) is 18.7. The van der Waals surface area contributed by atoms with Crippen molar-refractivity contribution in [1.29, 1.82) is 0 Å². The molecule has 3 atom stereocenters. The van der Waals surface area contributed by atoms with Gasteiger partial charge in [-0.3, -0.25) is 19.7 Å². The second-order valence-corrected chi connectivity index (χ2v) is 12.3. The standard InChI is InChI=1S/C32H37N9O/c1-22-4-7-28(35-19-22)41-29(37-30(42)18-32(2)21-36-40-13-3-11-34-31(32)40)17-27(38-41)24-9-14-39(15-10-24)26-6-5-23-8-12-33-20-25(23)16-26/h3-4,7-8,11-13,17,19-21,24,26,31H,5-6,9-10,14-16,18H2,1-2H3,(H,37,42). The average molecular weight is 564 g/mol. The van der Waals surface area contributed by atoms with Crippen molar-refractivity contribution in [1.82, 2.24) is 29.7 Å². The molecule has 0 bridgehead atoms. The van der Waals surface area contributed by atoms with E-state index in [4.69, 9.17) is 5.10 Å². The Morgan fingerprint density at radius 2 is 2.00 bits per heavy atom. The molecule has 1 fully saturated rings. The number of hydrogen-bond donors (Lipinski definition) is 1. The first-order valence-electron chi connectivity index (χ1n) is 15.0. The molecular weight excluding hydrogens is 526 g/mol. The number of amides is 1. The number of aryl methyl sites for hydroxylation is 2. The Balaban J connectivity index is 1.06. The van der Waals surface area contributed by atoms with E-state index in [1.54, 1.807) is 15.9 Å². The van der Waals surface area contributed by atoms with Gasteiger partial charge >= 0.3 is 0 Å². The fourth-order valence-corrected chi connectivity index (χ4v) is 6.80. The van der Waals surface area contributed by atoms with Crippen molar-refractivity contribution in [2.24, 2.45) is 15.5 Å². The highest BCUT2D eigenvalue weighted by molar-refractivity contribution is 5.93. The largest absolute Gasteiger partial charge is 0.310 e. The van der Waals surface area contributed by atoms with Crippen LogP contribution in [0.4, 0.5) is 5.82 Å². The molecule has 3 aromatic heterocycles. The number of piperidine rings is 1. The minimum Gasteiger partial charge on any atom is -0.310 e. The predicted molar refractivity (Wildman–Crippen MR) is 163 cm³/mol.